The minimum Gasteiger partial charge on any atom is -0.351 e. The van der Waals surface area contributed by atoms with Gasteiger partial charge in [0.2, 0.25) is 0 Å². The third-order valence-corrected chi connectivity index (χ3v) is 5.12. The number of nitrogens with zero attached hydrogens (tertiary/aromatic N) is 3. The van der Waals surface area contributed by atoms with Crippen LogP contribution < -0.4 is 4.90 Å². The number of aromatic nitrogens is 1. The zero-order valence-electron chi connectivity index (χ0n) is 14.4. The summed E-state index contributed by atoms with van der Waals surface area (Å²) in [5.74, 6) is 1.01. The van der Waals surface area contributed by atoms with Gasteiger partial charge in [-0.05, 0) is 23.9 Å². The molecule has 0 aliphatic carbocycles. The Morgan fingerprint density at radius 1 is 1.04 bits per heavy atom. The maximum Gasteiger partial charge on any atom is 0.138 e. The molecule has 3 nitrogen and oxygen atoms in total. The van der Waals surface area contributed by atoms with Crippen LogP contribution >= 0.6 is 11.6 Å². The topological polar surface area (TPSA) is 19.4 Å². The van der Waals surface area contributed by atoms with Gasteiger partial charge in [-0.3, -0.25) is 4.90 Å². The van der Waals surface area contributed by atoms with Gasteiger partial charge in [0.05, 0.1) is 0 Å². The Labute approximate surface area is 153 Å². The normalized spacial score (nSPS) is 18.6. The first-order chi connectivity index (χ1) is 12.2. The van der Waals surface area contributed by atoms with Gasteiger partial charge in [0.15, 0.2) is 0 Å². The summed E-state index contributed by atoms with van der Waals surface area (Å²) in [6.45, 7) is 6.29. The molecule has 0 amide bonds. The quantitative estimate of drug-likeness (QED) is 0.643. The lowest BCUT2D eigenvalue weighted by atomic mass is 10.1. The van der Waals surface area contributed by atoms with E-state index in [0.717, 1.165) is 37.4 Å². The van der Waals surface area contributed by atoms with Crippen LogP contribution in [0.15, 0.2) is 60.7 Å². The molecule has 128 valence electrons. The summed E-state index contributed by atoms with van der Waals surface area (Å²) in [6, 6.07) is 21.4. The predicted octanol–water partition coefficient (Wildman–Crippen LogP) is 4.60. The predicted molar refractivity (Wildman–Crippen MR) is 105 cm³/mol. The second-order valence-electron chi connectivity index (χ2n) is 6.75. The van der Waals surface area contributed by atoms with E-state index in [2.05, 4.69) is 70.2 Å². The maximum atomic E-state index is 6.28. The van der Waals surface area contributed by atoms with Gasteiger partial charge in [-0.25, -0.2) is 4.98 Å². The molecule has 4 heteroatoms. The lowest BCUT2D eigenvalue weighted by Gasteiger charge is -2.41. The molecule has 1 aromatic heterocycles. The molecular formula is C21H22ClN3. The molecule has 0 spiro atoms. The minimum absolute atomic E-state index is 0.395. The monoisotopic (exact) mass is 351 g/mol. The molecule has 25 heavy (non-hydrogen) atoms. The fourth-order valence-corrected chi connectivity index (χ4v) is 3.90. The van der Waals surface area contributed by atoms with Crippen LogP contribution in [0.4, 0.5) is 5.82 Å². The highest BCUT2D eigenvalue weighted by Gasteiger charge is 2.26. The van der Waals surface area contributed by atoms with E-state index >= 15 is 0 Å². The second-order valence-corrected chi connectivity index (χ2v) is 7.14. The molecule has 1 unspecified atom stereocenters. The van der Waals surface area contributed by atoms with Crippen LogP contribution in [-0.4, -0.2) is 35.6 Å². The molecule has 2 heterocycles. The van der Waals surface area contributed by atoms with Crippen molar-refractivity contribution in [2.75, 3.05) is 24.5 Å². The van der Waals surface area contributed by atoms with Gasteiger partial charge in [0, 0.05) is 37.6 Å². The van der Waals surface area contributed by atoms with Gasteiger partial charge in [-0.1, -0.05) is 66.2 Å². The molecule has 1 aliphatic rings. The number of benzene rings is 2. The van der Waals surface area contributed by atoms with E-state index in [4.69, 9.17) is 11.6 Å². The number of pyridine rings is 1. The van der Waals surface area contributed by atoms with Crippen LogP contribution in [0.25, 0.3) is 10.8 Å². The molecule has 1 saturated heterocycles. The summed E-state index contributed by atoms with van der Waals surface area (Å²) >= 11 is 6.28. The first-order valence-corrected chi connectivity index (χ1v) is 9.17. The van der Waals surface area contributed by atoms with Crippen LogP contribution in [0.1, 0.15) is 12.5 Å². The zero-order valence-corrected chi connectivity index (χ0v) is 15.2. The molecule has 0 N–H and O–H groups in total. The number of piperazine rings is 1. The van der Waals surface area contributed by atoms with Crippen LogP contribution in [0.3, 0.4) is 0 Å². The van der Waals surface area contributed by atoms with Crippen molar-refractivity contribution < 1.29 is 0 Å². The van der Waals surface area contributed by atoms with Crippen LogP contribution in [0.2, 0.25) is 5.15 Å². The van der Waals surface area contributed by atoms with Crippen LogP contribution in [0, 0.1) is 0 Å². The number of anilines is 1. The van der Waals surface area contributed by atoms with Crippen molar-refractivity contribution in [1.29, 1.82) is 0 Å². The summed E-state index contributed by atoms with van der Waals surface area (Å²) in [4.78, 5) is 9.57. The number of hydrogen-bond donors (Lipinski definition) is 0. The van der Waals surface area contributed by atoms with E-state index in [1.54, 1.807) is 0 Å². The molecule has 1 fully saturated rings. The smallest absolute Gasteiger partial charge is 0.138 e. The van der Waals surface area contributed by atoms with Gasteiger partial charge in [0.1, 0.15) is 11.0 Å². The average Bonchev–Trinajstić information content (AvgIpc) is 2.62. The summed E-state index contributed by atoms with van der Waals surface area (Å²) in [5, 5.41) is 2.89. The van der Waals surface area contributed by atoms with Gasteiger partial charge in [0.25, 0.3) is 0 Å². The number of fused-ring (bicyclic) bond motifs is 1. The third kappa shape index (κ3) is 3.48. The van der Waals surface area contributed by atoms with Crippen molar-refractivity contribution in [3.05, 3.63) is 71.4 Å². The lowest BCUT2D eigenvalue weighted by molar-refractivity contribution is 0.220. The Morgan fingerprint density at radius 3 is 2.60 bits per heavy atom. The minimum atomic E-state index is 0.395. The molecule has 3 aromatic rings. The molecule has 0 bridgehead atoms. The highest BCUT2D eigenvalue weighted by Crippen LogP contribution is 2.30. The van der Waals surface area contributed by atoms with Crippen molar-refractivity contribution in [1.82, 2.24) is 9.88 Å². The zero-order chi connectivity index (χ0) is 17.2. The Morgan fingerprint density at radius 2 is 1.80 bits per heavy atom. The summed E-state index contributed by atoms with van der Waals surface area (Å²) < 4.78 is 0. The molecule has 4 rings (SSSR count). The molecule has 1 atom stereocenters. The van der Waals surface area contributed by atoms with Gasteiger partial charge in [-0.15, -0.1) is 0 Å². The first-order valence-electron chi connectivity index (χ1n) is 8.79. The average molecular weight is 352 g/mol. The first kappa shape index (κ1) is 16.4. The highest BCUT2D eigenvalue weighted by molar-refractivity contribution is 6.30. The fourth-order valence-electron chi connectivity index (χ4n) is 3.70. The van der Waals surface area contributed by atoms with Gasteiger partial charge >= 0.3 is 0 Å². The SMILES string of the molecule is CC1CN(Cc2ccccc2)CCN1c1nc(Cl)cc2ccccc12. The van der Waals surface area contributed by atoms with E-state index in [0.29, 0.717) is 11.2 Å². The molecule has 0 saturated carbocycles. The van der Waals surface area contributed by atoms with Crippen molar-refractivity contribution in [2.45, 2.75) is 19.5 Å². The van der Waals surface area contributed by atoms with E-state index in [9.17, 15) is 0 Å². The van der Waals surface area contributed by atoms with E-state index in [-0.39, 0.29) is 0 Å². The Balaban J connectivity index is 1.56. The summed E-state index contributed by atoms with van der Waals surface area (Å²) in [7, 11) is 0. The van der Waals surface area contributed by atoms with Crippen molar-refractivity contribution in [3.8, 4) is 0 Å². The Kier molecular flexibility index (Phi) is 4.60. The van der Waals surface area contributed by atoms with Crippen LogP contribution in [0.5, 0.6) is 0 Å². The summed E-state index contributed by atoms with van der Waals surface area (Å²) in [6.07, 6.45) is 0. The summed E-state index contributed by atoms with van der Waals surface area (Å²) in [5.41, 5.74) is 1.37. The number of halogens is 1. The van der Waals surface area contributed by atoms with Crippen molar-refractivity contribution in [3.63, 3.8) is 0 Å². The van der Waals surface area contributed by atoms with E-state index in [1.165, 1.54) is 10.9 Å². The maximum absolute atomic E-state index is 6.28. The van der Waals surface area contributed by atoms with Crippen molar-refractivity contribution in [2.24, 2.45) is 0 Å². The number of rotatable bonds is 3. The fraction of sp³-hybridized carbons (Fsp3) is 0.286. The van der Waals surface area contributed by atoms with E-state index in [1.807, 2.05) is 12.1 Å². The van der Waals surface area contributed by atoms with Gasteiger partial charge in [-0.2, -0.15) is 0 Å². The Hall–Kier alpha value is -2.10. The molecular weight excluding hydrogens is 330 g/mol. The van der Waals surface area contributed by atoms with Crippen LogP contribution in [-0.2, 0) is 6.54 Å². The highest BCUT2D eigenvalue weighted by atomic mass is 35.5. The van der Waals surface area contributed by atoms with E-state index < -0.39 is 0 Å². The lowest BCUT2D eigenvalue weighted by Crippen LogP contribution is -2.52. The number of hydrogen-bond acceptors (Lipinski definition) is 3. The van der Waals surface area contributed by atoms with Gasteiger partial charge < -0.3 is 4.90 Å². The Bertz CT molecular complexity index is 865. The van der Waals surface area contributed by atoms with Crippen molar-refractivity contribution >= 4 is 28.2 Å². The standard InChI is InChI=1S/C21H22ClN3/c1-16-14-24(15-17-7-3-2-4-8-17)11-12-25(16)21-19-10-6-5-9-18(19)13-20(22)23-21/h2-10,13,16H,11-12,14-15H2,1H3. The molecule has 0 radical (unpaired) electrons. The third-order valence-electron chi connectivity index (χ3n) is 4.92. The molecule has 1 aliphatic heterocycles. The molecule has 2 aromatic carbocycles. The second kappa shape index (κ2) is 7.03. The largest absolute Gasteiger partial charge is 0.351 e.